The van der Waals surface area contributed by atoms with Crippen LogP contribution in [0, 0.1) is 0 Å². The summed E-state index contributed by atoms with van der Waals surface area (Å²) in [4.78, 5) is 4.31. The third-order valence-corrected chi connectivity index (χ3v) is 3.83. The Hall–Kier alpha value is -0.260. The van der Waals surface area contributed by atoms with Crippen LogP contribution in [0.3, 0.4) is 0 Å². The molecule has 0 atom stereocenters. The van der Waals surface area contributed by atoms with Gasteiger partial charge in [-0.25, -0.2) is 8.78 Å². The van der Waals surface area contributed by atoms with Crippen LogP contribution in [-0.4, -0.2) is 67.1 Å². The van der Waals surface area contributed by atoms with Gasteiger partial charge in [0.2, 0.25) is 0 Å². The Morgan fingerprint density at radius 1 is 1.18 bits per heavy atom. The van der Waals surface area contributed by atoms with Gasteiger partial charge in [0.25, 0.3) is 5.92 Å². The minimum Gasteiger partial charge on any atom is -0.314 e. The topological polar surface area (TPSA) is 18.5 Å². The van der Waals surface area contributed by atoms with Crippen LogP contribution in [-0.2, 0) is 0 Å². The van der Waals surface area contributed by atoms with Crippen molar-refractivity contribution in [3.63, 3.8) is 0 Å². The number of alkyl halides is 2. The van der Waals surface area contributed by atoms with Crippen molar-refractivity contribution in [2.45, 2.75) is 31.7 Å². The summed E-state index contributed by atoms with van der Waals surface area (Å²) >= 11 is 0. The Morgan fingerprint density at radius 3 is 2.35 bits per heavy atom. The predicted octanol–water partition coefficient (Wildman–Crippen LogP) is 1.01. The summed E-state index contributed by atoms with van der Waals surface area (Å²) < 4.78 is 26.3. The van der Waals surface area contributed by atoms with Gasteiger partial charge in [-0.2, -0.15) is 0 Å². The normalized spacial score (nSPS) is 27.5. The first-order valence-corrected chi connectivity index (χ1v) is 6.45. The fourth-order valence-corrected chi connectivity index (χ4v) is 2.86. The number of hydrogen-bond donors (Lipinski definition) is 1. The lowest BCUT2D eigenvalue weighted by Gasteiger charge is -2.43. The van der Waals surface area contributed by atoms with Crippen molar-refractivity contribution in [1.82, 2.24) is 15.1 Å². The highest BCUT2D eigenvalue weighted by Crippen LogP contribution is 2.28. The largest absolute Gasteiger partial charge is 0.314 e. The average molecular weight is 247 g/mol. The molecule has 0 spiro atoms. The van der Waals surface area contributed by atoms with E-state index in [-0.39, 0.29) is 18.5 Å². The maximum absolute atomic E-state index is 13.1. The summed E-state index contributed by atoms with van der Waals surface area (Å²) in [5.74, 6) is -2.47. The molecule has 17 heavy (non-hydrogen) atoms. The molecule has 2 heterocycles. The summed E-state index contributed by atoms with van der Waals surface area (Å²) in [6.07, 6.45) is 0.0185. The number of halogens is 2. The Kier molecular flexibility index (Phi) is 3.71. The second kappa shape index (κ2) is 4.78. The van der Waals surface area contributed by atoms with Crippen LogP contribution >= 0.6 is 0 Å². The van der Waals surface area contributed by atoms with Crippen LogP contribution in [0.1, 0.15) is 20.3 Å². The Morgan fingerprint density at radius 2 is 1.82 bits per heavy atom. The summed E-state index contributed by atoms with van der Waals surface area (Å²) in [7, 11) is 0. The summed E-state index contributed by atoms with van der Waals surface area (Å²) in [5.41, 5.74) is -0.0114. The molecular formula is C12H23F2N3. The SMILES string of the molecule is CC(C)(CN1CCC(F)(F)C1)N1CCNCC1. The van der Waals surface area contributed by atoms with Crippen LogP contribution < -0.4 is 5.32 Å². The third-order valence-electron chi connectivity index (χ3n) is 3.83. The molecule has 100 valence electrons. The van der Waals surface area contributed by atoms with E-state index in [1.165, 1.54) is 0 Å². The van der Waals surface area contributed by atoms with Gasteiger partial charge in [0.15, 0.2) is 0 Å². The van der Waals surface area contributed by atoms with Crippen LogP contribution in [0.5, 0.6) is 0 Å². The van der Waals surface area contributed by atoms with Gasteiger partial charge in [0.05, 0.1) is 6.54 Å². The number of likely N-dealkylation sites (tertiary alicyclic amines) is 1. The van der Waals surface area contributed by atoms with E-state index in [1.54, 1.807) is 0 Å². The van der Waals surface area contributed by atoms with E-state index in [9.17, 15) is 8.78 Å². The minimum atomic E-state index is -2.47. The molecule has 0 aromatic heterocycles. The van der Waals surface area contributed by atoms with Gasteiger partial charge in [-0.05, 0) is 13.8 Å². The minimum absolute atomic E-state index is 0.0114. The van der Waals surface area contributed by atoms with Crippen molar-refractivity contribution in [1.29, 1.82) is 0 Å². The monoisotopic (exact) mass is 247 g/mol. The standard InChI is InChI=1S/C12H23F2N3/c1-11(2,17-7-4-15-5-8-17)9-16-6-3-12(13,14)10-16/h15H,3-10H2,1-2H3. The summed E-state index contributed by atoms with van der Waals surface area (Å²) in [5, 5.41) is 3.32. The van der Waals surface area contributed by atoms with Crippen molar-refractivity contribution in [3.8, 4) is 0 Å². The third kappa shape index (κ3) is 3.36. The number of rotatable bonds is 3. The molecule has 2 saturated heterocycles. The molecule has 3 nitrogen and oxygen atoms in total. The Labute approximate surface area is 102 Å². The first-order chi connectivity index (χ1) is 7.89. The van der Waals surface area contributed by atoms with Crippen LogP contribution in [0.15, 0.2) is 0 Å². The molecule has 0 aromatic carbocycles. The zero-order valence-electron chi connectivity index (χ0n) is 10.8. The molecule has 0 aromatic rings. The van der Waals surface area contributed by atoms with Crippen molar-refractivity contribution >= 4 is 0 Å². The lowest BCUT2D eigenvalue weighted by molar-refractivity contribution is 0.00344. The highest BCUT2D eigenvalue weighted by molar-refractivity contribution is 4.91. The van der Waals surface area contributed by atoms with Crippen LogP contribution in [0.2, 0.25) is 0 Å². The molecule has 2 rings (SSSR count). The fraction of sp³-hybridized carbons (Fsp3) is 1.00. The van der Waals surface area contributed by atoms with E-state index in [0.29, 0.717) is 6.54 Å². The first-order valence-electron chi connectivity index (χ1n) is 6.45. The fourth-order valence-electron chi connectivity index (χ4n) is 2.86. The van der Waals surface area contributed by atoms with E-state index in [2.05, 4.69) is 24.1 Å². The quantitative estimate of drug-likeness (QED) is 0.803. The van der Waals surface area contributed by atoms with Crippen molar-refractivity contribution in [2.75, 3.05) is 45.8 Å². The molecule has 0 unspecified atom stereocenters. The highest BCUT2D eigenvalue weighted by atomic mass is 19.3. The number of piperazine rings is 1. The molecule has 0 amide bonds. The van der Waals surface area contributed by atoms with E-state index < -0.39 is 5.92 Å². The lowest BCUT2D eigenvalue weighted by Crippen LogP contribution is -2.57. The zero-order valence-corrected chi connectivity index (χ0v) is 10.8. The first kappa shape index (κ1) is 13.2. The van der Waals surface area contributed by atoms with Gasteiger partial charge in [0, 0.05) is 51.2 Å². The van der Waals surface area contributed by atoms with E-state index >= 15 is 0 Å². The van der Waals surface area contributed by atoms with E-state index in [1.807, 2.05) is 4.90 Å². The number of nitrogens with one attached hydrogen (secondary N) is 1. The van der Waals surface area contributed by atoms with Crippen molar-refractivity contribution < 1.29 is 8.78 Å². The zero-order chi connectivity index (χ0) is 12.5. The average Bonchev–Trinajstić information content (AvgIpc) is 2.58. The number of nitrogens with zero attached hydrogens (tertiary/aromatic N) is 2. The smallest absolute Gasteiger partial charge is 0.261 e. The summed E-state index contributed by atoms with van der Waals surface area (Å²) in [6.45, 7) is 9.55. The molecule has 0 saturated carbocycles. The molecule has 0 aliphatic carbocycles. The molecule has 0 radical (unpaired) electrons. The molecule has 2 fully saturated rings. The molecule has 2 aliphatic heterocycles. The number of hydrogen-bond acceptors (Lipinski definition) is 3. The van der Waals surface area contributed by atoms with E-state index in [0.717, 1.165) is 32.7 Å². The second-order valence-electron chi connectivity index (χ2n) is 5.87. The maximum Gasteiger partial charge on any atom is 0.261 e. The molecule has 0 bridgehead atoms. The van der Waals surface area contributed by atoms with Gasteiger partial charge in [-0.1, -0.05) is 0 Å². The van der Waals surface area contributed by atoms with Crippen molar-refractivity contribution in [2.24, 2.45) is 0 Å². The Bertz CT molecular complexity index is 262. The van der Waals surface area contributed by atoms with Crippen LogP contribution in [0.25, 0.3) is 0 Å². The van der Waals surface area contributed by atoms with Gasteiger partial charge in [-0.15, -0.1) is 0 Å². The molecule has 2 aliphatic rings. The second-order valence-corrected chi connectivity index (χ2v) is 5.87. The molecule has 5 heteroatoms. The van der Waals surface area contributed by atoms with Gasteiger partial charge < -0.3 is 5.32 Å². The maximum atomic E-state index is 13.1. The van der Waals surface area contributed by atoms with Crippen LogP contribution in [0.4, 0.5) is 8.78 Å². The molecule has 1 N–H and O–H groups in total. The lowest BCUT2D eigenvalue weighted by atomic mass is 10.0. The van der Waals surface area contributed by atoms with Gasteiger partial charge in [-0.3, -0.25) is 9.80 Å². The summed E-state index contributed by atoms with van der Waals surface area (Å²) in [6, 6.07) is 0. The Balaban J connectivity index is 1.88. The highest BCUT2D eigenvalue weighted by Gasteiger charge is 2.40. The predicted molar refractivity (Wildman–Crippen MR) is 64.5 cm³/mol. The van der Waals surface area contributed by atoms with Gasteiger partial charge >= 0.3 is 0 Å². The van der Waals surface area contributed by atoms with Crippen molar-refractivity contribution in [3.05, 3.63) is 0 Å². The van der Waals surface area contributed by atoms with E-state index in [4.69, 9.17) is 0 Å². The van der Waals surface area contributed by atoms with Gasteiger partial charge in [0.1, 0.15) is 0 Å². The molecular weight excluding hydrogens is 224 g/mol.